The van der Waals surface area contributed by atoms with Crippen LogP contribution in [0.25, 0.3) is 10.2 Å². The number of halogens is 1. The van der Waals surface area contributed by atoms with Gasteiger partial charge in [-0.3, -0.25) is 0 Å². The Morgan fingerprint density at radius 3 is 3.18 bits per heavy atom. The van der Waals surface area contributed by atoms with Crippen LogP contribution in [-0.4, -0.2) is 35.6 Å². The Bertz CT molecular complexity index is 470. The predicted octanol–water partition coefficient (Wildman–Crippen LogP) is 2.75. The Hall–Kier alpha value is -0.910. The fraction of sp³-hybridized carbons (Fsp3) is 0.455. The van der Waals surface area contributed by atoms with Crippen LogP contribution in [-0.2, 0) is 4.74 Å². The van der Waals surface area contributed by atoms with E-state index in [1.54, 1.807) is 24.8 Å². The van der Waals surface area contributed by atoms with Gasteiger partial charge >= 0.3 is 0 Å². The van der Waals surface area contributed by atoms with Gasteiger partial charge in [0.25, 0.3) is 0 Å². The number of rotatable bonds is 6. The average Bonchev–Trinajstić information content (AvgIpc) is 2.79. The molecule has 0 spiro atoms. The van der Waals surface area contributed by atoms with Crippen molar-refractivity contribution in [1.29, 1.82) is 0 Å². The second kappa shape index (κ2) is 6.14. The number of methoxy groups -OCH3 is 1. The molecule has 17 heavy (non-hydrogen) atoms. The van der Waals surface area contributed by atoms with E-state index in [1.165, 1.54) is 0 Å². The Balaban J connectivity index is 2.18. The maximum absolute atomic E-state index is 5.77. The second-order valence-electron chi connectivity index (χ2n) is 3.63. The topological polar surface area (TPSA) is 47.0 Å². The first-order chi connectivity index (χ1) is 8.35. The zero-order valence-corrected chi connectivity index (χ0v) is 11.1. The molecule has 0 aliphatic heterocycles. The highest BCUT2D eigenvalue weighted by Crippen LogP contribution is 2.25. The van der Waals surface area contributed by atoms with Crippen LogP contribution in [0.1, 0.15) is 6.42 Å². The monoisotopic (exact) mass is 271 g/mol. The molecule has 1 N–H and O–H groups in total. The third-order valence-corrected chi connectivity index (χ3v) is 3.54. The fourth-order valence-corrected chi connectivity index (χ4v) is 2.68. The minimum atomic E-state index is 0.178. The molecule has 0 fully saturated rings. The Morgan fingerprint density at radius 1 is 1.53 bits per heavy atom. The molecule has 92 valence electrons. The van der Waals surface area contributed by atoms with Gasteiger partial charge < -0.3 is 10.1 Å². The molecule has 0 bridgehead atoms. The smallest absolute Gasteiger partial charge is 0.147 e. The van der Waals surface area contributed by atoms with Gasteiger partial charge in [-0.25, -0.2) is 9.97 Å². The van der Waals surface area contributed by atoms with Gasteiger partial charge in [-0.05, 0) is 17.9 Å². The maximum Gasteiger partial charge on any atom is 0.147 e. The van der Waals surface area contributed by atoms with Crippen LogP contribution in [0.3, 0.4) is 0 Å². The Kier molecular flexibility index (Phi) is 4.53. The van der Waals surface area contributed by atoms with Gasteiger partial charge in [0, 0.05) is 13.0 Å². The third-order valence-electron chi connectivity index (χ3n) is 2.41. The summed E-state index contributed by atoms with van der Waals surface area (Å²) in [5.41, 5.74) is 0.967. The number of anilines is 1. The molecule has 0 aliphatic carbocycles. The number of thiophene rings is 1. The van der Waals surface area contributed by atoms with E-state index < -0.39 is 0 Å². The van der Waals surface area contributed by atoms with E-state index in [0.29, 0.717) is 12.5 Å². The van der Waals surface area contributed by atoms with Gasteiger partial charge in [-0.2, -0.15) is 0 Å². The van der Waals surface area contributed by atoms with E-state index in [4.69, 9.17) is 16.3 Å². The summed E-state index contributed by atoms with van der Waals surface area (Å²) in [6, 6.07) is 2.16. The summed E-state index contributed by atoms with van der Waals surface area (Å²) >= 11 is 7.40. The standard InChI is InChI=1S/C11H14ClN3OS/c1-16-6-8(2-4-12)15-11-10-9(3-5-17-10)13-7-14-11/h3,5,7-8H,2,4,6H2,1H3,(H,13,14,15). The lowest BCUT2D eigenvalue weighted by molar-refractivity contribution is 0.184. The molecule has 0 saturated heterocycles. The number of ether oxygens (including phenoxy) is 1. The first-order valence-corrected chi connectivity index (χ1v) is 6.76. The summed E-state index contributed by atoms with van der Waals surface area (Å²) in [4.78, 5) is 8.48. The van der Waals surface area contributed by atoms with Gasteiger partial charge in [-0.15, -0.1) is 22.9 Å². The van der Waals surface area contributed by atoms with Crippen molar-refractivity contribution in [2.24, 2.45) is 0 Å². The lowest BCUT2D eigenvalue weighted by Crippen LogP contribution is -2.26. The summed E-state index contributed by atoms with van der Waals surface area (Å²) in [6.07, 6.45) is 2.41. The van der Waals surface area contributed by atoms with E-state index in [-0.39, 0.29) is 6.04 Å². The number of nitrogens with one attached hydrogen (secondary N) is 1. The van der Waals surface area contributed by atoms with Gasteiger partial charge in [-0.1, -0.05) is 0 Å². The van der Waals surface area contributed by atoms with E-state index in [1.807, 2.05) is 11.4 Å². The third kappa shape index (κ3) is 3.06. The van der Waals surface area contributed by atoms with Crippen molar-refractivity contribution in [3.05, 3.63) is 17.8 Å². The molecule has 0 saturated carbocycles. The number of alkyl halides is 1. The molecule has 1 atom stereocenters. The largest absolute Gasteiger partial charge is 0.383 e. The van der Waals surface area contributed by atoms with Crippen LogP contribution >= 0.6 is 22.9 Å². The van der Waals surface area contributed by atoms with Gasteiger partial charge in [0.1, 0.15) is 12.1 Å². The van der Waals surface area contributed by atoms with Crippen LogP contribution in [0.2, 0.25) is 0 Å². The molecule has 2 aromatic rings. The number of hydrogen-bond donors (Lipinski definition) is 1. The van der Waals surface area contributed by atoms with Crippen molar-refractivity contribution in [3.8, 4) is 0 Å². The molecule has 6 heteroatoms. The lowest BCUT2D eigenvalue weighted by atomic mass is 10.2. The molecular formula is C11H14ClN3OS. The normalized spacial score (nSPS) is 12.8. The quantitative estimate of drug-likeness (QED) is 0.821. The van der Waals surface area contributed by atoms with Gasteiger partial charge in [0.2, 0.25) is 0 Å². The molecule has 4 nitrogen and oxygen atoms in total. The van der Waals surface area contributed by atoms with E-state index >= 15 is 0 Å². The number of aromatic nitrogens is 2. The lowest BCUT2D eigenvalue weighted by Gasteiger charge is -2.17. The van der Waals surface area contributed by atoms with Crippen molar-refractivity contribution in [1.82, 2.24) is 9.97 Å². The highest BCUT2D eigenvalue weighted by Gasteiger charge is 2.11. The summed E-state index contributed by atoms with van der Waals surface area (Å²) in [6.45, 7) is 0.615. The van der Waals surface area contributed by atoms with Crippen LogP contribution in [0.15, 0.2) is 17.8 Å². The zero-order chi connectivity index (χ0) is 12.1. The van der Waals surface area contributed by atoms with E-state index in [0.717, 1.165) is 22.5 Å². The molecular weight excluding hydrogens is 258 g/mol. The summed E-state index contributed by atoms with van der Waals surface area (Å²) < 4.78 is 6.23. The van der Waals surface area contributed by atoms with Crippen molar-refractivity contribution >= 4 is 39.0 Å². The first kappa shape index (κ1) is 12.5. The Labute approximate surface area is 109 Å². The summed E-state index contributed by atoms with van der Waals surface area (Å²) in [5, 5.41) is 5.37. The van der Waals surface area contributed by atoms with Crippen molar-refractivity contribution in [3.63, 3.8) is 0 Å². The second-order valence-corrected chi connectivity index (χ2v) is 4.93. The minimum Gasteiger partial charge on any atom is -0.383 e. The summed E-state index contributed by atoms with van der Waals surface area (Å²) in [7, 11) is 1.68. The molecule has 0 aromatic carbocycles. The highest BCUT2D eigenvalue weighted by atomic mass is 35.5. The molecule has 0 radical (unpaired) electrons. The summed E-state index contributed by atoms with van der Waals surface area (Å²) in [5.74, 6) is 1.46. The van der Waals surface area contributed by atoms with E-state index in [2.05, 4.69) is 15.3 Å². The molecule has 1 unspecified atom stereocenters. The van der Waals surface area contributed by atoms with Gasteiger partial charge in [0.15, 0.2) is 0 Å². The molecule has 2 aromatic heterocycles. The molecule has 2 rings (SSSR count). The zero-order valence-electron chi connectivity index (χ0n) is 9.52. The van der Waals surface area contributed by atoms with Crippen molar-refractivity contribution in [2.45, 2.75) is 12.5 Å². The fourth-order valence-electron chi connectivity index (χ4n) is 1.62. The Morgan fingerprint density at radius 2 is 2.41 bits per heavy atom. The number of fused-ring (bicyclic) bond motifs is 1. The number of nitrogens with zero attached hydrogens (tertiary/aromatic N) is 2. The van der Waals surface area contributed by atoms with Crippen LogP contribution < -0.4 is 5.32 Å². The van der Waals surface area contributed by atoms with Gasteiger partial charge in [0.05, 0.1) is 22.9 Å². The average molecular weight is 272 g/mol. The first-order valence-electron chi connectivity index (χ1n) is 5.34. The van der Waals surface area contributed by atoms with Crippen LogP contribution in [0, 0.1) is 0 Å². The molecule has 2 heterocycles. The number of hydrogen-bond acceptors (Lipinski definition) is 5. The maximum atomic E-state index is 5.77. The van der Waals surface area contributed by atoms with Crippen molar-refractivity contribution < 1.29 is 4.74 Å². The molecule has 0 amide bonds. The van der Waals surface area contributed by atoms with Crippen LogP contribution in [0.5, 0.6) is 0 Å². The predicted molar refractivity (Wildman–Crippen MR) is 72.0 cm³/mol. The SMILES string of the molecule is COCC(CCCl)Nc1ncnc2ccsc12. The molecule has 0 aliphatic rings. The highest BCUT2D eigenvalue weighted by molar-refractivity contribution is 7.17. The van der Waals surface area contributed by atoms with Crippen LogP contribution in [0.4, 0.5) is 5.82 Å². The van der Waals surface area contributed by atoms with Crippen molar-refractivity contribution in [2.75, 3.05) is 24.9 Å². The van der Waals surface area contributed by atoms with E-state index in [9.17, 15) is 0 Å². The minimum absolute atomic E-state index is 0.178.